The molecule has 0 bridgehead atoms. The maximum atomic E-state index is 11.9. The van der Waals surface area contributed by atoms with Crippen LogP contribution in [-0.2, 0) is 11.3 Å². The number of aliphatic hydroxyl groups is 3. The van der Waals surface area contributed by atoms with Crippen molar-refractivity contribution in [3.8, 4) is 0 Å². The number of nitrogens with zero attached hydrogens (tertiary/aromatic N) is 1. The highest BCUT2D eigenvalue weighted by Gasteiger charge is 2.44. The van der Waals surface area contributed by atoms with E-state index in [1.165, 1.54) is 10.8 Å². The molecule has 1 aliphatic heterocycles. The van der Waals surface area contributed by atoms with Crippen molar-refractivity contribution in [3.05, 3.63) is 32.6 Å². The predicted molar refractivity (Wildman–Crippen MR) is 72.0 cm³/mol. The first-order valence-electron chi connectivity index (χ1n) is 6.60. The molecule has 9 heteroatoms. The number of hydrogen-bond acceptors (Lipinski definition) is 7. The van der Waals surface area contributed by atoms with E-state index in [1.807, 2.05) is 0 Å². The first kappa shape index (κ1) is 15.9. The molecule has 0 radical (unpaired) electrons. The SMILES string of the molecule is CNCCn1cc([C@@H]2O[C@H](CO)[C@@H](O)[C@H]2O)c(=O)[nH]c1=O. The molecule has 0 unspecified atom stereocenters. The zero-order valence-electron chi connectivity index (χ0n) is 11.5. The summed E-state index contributed by atoms with van der Waals surface area (Å²) in [4.78, 5) is 25.7. The Morgan fingerprint density at radius 3 is 2.67 bits per heavy atom. The van der Waals surface area contributed by atoms with E-state index < -0.39 is 42.3 Å². The molecule has 1 aromatic rings. The van der Waals surface area contributed by atoms with E-state index in [4.69, 9.17) is 9.84 Å². The quantitative estimate of drug-likeness (QED) is 0.389. The minimum absolute atomic E-state index is 0.0354. The van der Waals surface area contributed by atoms with E-state index in [9.17, 15) is 19.8 Å². The number of aromatic amines is 1. The summed E-state index contributed by atoms with van der Waals surface area (Å²) in [5, 5.41) is 31.6. The van der Waals surface area contributed by atoms with Gasteiger partial charge in [-0.3, -0.25) is 14.3 Å². The largest absolute Gasteiger partial charge is 0.394 e. The molecule has 0 aromatic carbocycles. The van der Waals surface area contributed by atoms with Gasteiger partial charge in [-0.2, -0.15) is 0 Å². The minimum atomic E-state index is -1.35. The molecule has 0 saturated carbocycles. The van der Waals surface area contributed by atoms with E-state index in [0.717, 1.165) is 0 Å². The van der Waals surface area contributed by atoms with Gasteiger partial charge in [0.1, 0.15) is 24.4 Å². The van der Waals surface area contributed by atoms with Gasteiger partial charge in [0.15, 0.2) is 0 Å². The summed E-state index contributed by atoms with van der Waals surface area (Å²) < 4.78 is 6.58. The van der Waals surface area contributed by atoms with Gasteiger partial charge in [0.05, 0.1) is 12.2 Å². The number of aliphatic hydroxyl groups excluding tert-OH is 3. The molecule has 118 valence electrons. The third-order valence-electron chi connectivity index (χ3n) is 3.49. The van der Waals surface area contributed by atoms with Crippen LogP contribution >= 0.6 is 0 Å². The summed E-state index contributed by atoms with van der Waals surface area (Å²) in [6, 6.07) is 0. The third kappa shape index (κ3) is 3.06. The topological polar surface area (TPSA) is 137 Å². The molecule has 9 nitrogen and oxygen atoms in total. The van der Waals surface area contributed by atoms with Gasteiger partial charge in [0.2, 0.25) is 0 Å². The Hall–Kier alpha value is -1.52. The standard InChI is InChI=1S/C12H19N3O6/c1-13-2-3-15-4-6(11(19)14-12(15)20)10-9(18)8(17)7(5-16)21-10/h4,7-10,13,16-18H,2-3,5H2,1H3,(H,14,19,20)/t7-,8-,9-,10+/m1/s1. The van der Waals surface area contributed by atoms with Gasteiger partial charge in [-0.15, -0.1) is 0 Å². The number of nitrogens with one attached hydrogen (secondary N) is 2. The molecule has 2 rings (SSSR count). The number of ether oxygens (including phenoxy) is 1. The van der Waals surface area contributed by atoms with E-state index in [-0.39, 0.29) is 5.56 Å². The second-order valence-electron chi connectivity index (χ2n) is 4.90. The van der Waals surface area contributed by atoms with Crippen LogP contribution in [0, 0.1) is 0 Å². The van der Waals surface area contributed by atoms with Gasteiger partial charge >= 0.3 is 5.69 Å². The molecule has 0 aliphatic carbocycles. The number of hydrogen-bond donors (Lipinski definition) is 5. The van der Waals surface area contributed by atoms with E-state index in [2.05, 4.69) is 10.3 Å². The van der Waals surface area contributed by atoms with Crippen LogP contribution in [0.3, 0.4) is 0 Å². The molecule has 1 saturated heterocycles. The second-order valence-corrected chi connectivity index (χ2v) is 4.90. The van der Waals surface area contributed by atoms with Crippen molar-refractivity contribution < 1.29 is 20.1 Å². The summed E-state index contributed by atoms with van der Waals surface area (Å²) in [6.45, 7) is 0.362. The fraction of sp³-hybridized carbons (Fsp3) is 0.667. The second kappa shape index (κ2) is 6.50. The van der Waals surface area contributed by atoms with Gasteiger partial charge in [-0.1, -0.05) is 0 Å². The van der Waals surface area contributed by atoms with Gasteiger partial charge in [0, 0.05) is 19.3 Å². The van der Waals surface area contributed by atoms with Gasteiger partial charge in [-0.25, -0.2) is 4.79 Å². The molecule has 0 amide bonds. The van der Waals surface area contributed by atoms with Gasteiger partial charge in [-0.05, 0) is 7.05 Å². The average Bonchev–Trinajstić information content (AvgIpc) is 2.74. The van der Waals surface area contributed by atoms with E-state index in [0.29, 0.717) is 13.1 Å². The fourth-order valence-corrected chi connectivity index (χ4v) is 2.28. The van der Waals surface area contributed by atoms with Crippen LogP contribution in [-0.4, -0.2) is 63.4 Å². The Balaban J connectivity index is 2.35. The Morgan fingerprint density at radius 1 is 1.38 bits per heavy atom. The summed E-state index contributed by atoms with van der Waals surface area (Å²) in [5.41, 5.74) is -1.21. The zero-order chi connectivity index (χ0) is 15.6. The first-order valence-corrected chi connectivity index (χ1v) is 6.60. The highest BCUT2D eigenvalue weighted by Crippen LogP contribution is 2.31. The summed E-state index contributed by atoms with van der Waals surface area (Å²) in [5.74, 6) is 0. The smallest absolute Gasteiger partial charge is 0.328 e. The first-order chi connectivity index (χ1) is 9.99. The molecule has 4 atom stereocenters. The van der Waals surface area contributed by atoms with Crippen molar-refractivity contribution in [1.82, 2.24) is 14.9 Å². The van der Waals surface area contributed by atoms with Crippen LogP contribution < -0.4 is 16.6 Å². The highest BCUT2D eigenvalue weighted by molar-refractivity contribution is 5.14. The molecule has 1 aromatic heterocycles. The average molecular weight is 301 g/mol. The Morgan fingerprint density at radius 2 is 2.10 bits per heavy atom. The molecule has 2 heterocycles. The fourth-order valence-electron chi connectivity index (χ4n) is 2.28. The van der Waals surface area contributed by atoms with Gasteiger partial charge < -0.3 is 25.4 Å². The Labute approximate surface area is 119 Å². The Bertz CT molecular complexity index is 597. The monoisotopic (exact) mass is 301 g/mol. The number of aromatic nitrogens is 2. The third-order valence-corrected chi connectivity index (χ3v) is 3.49. The molecule has 0 spiro atoms. The molecular formula is C12H19N3O6. The maximum absolute atomic E-state index is 11.9. The lowest BCUT2D eigenvalue weighted by atomic mass is 10.0. The van der Waals surface area contributed by atoms with Crippen LogP contribution in [0.1, 0.15) is 11.7 Å². The lowest BCUT2D eigenvalue weighted by Gasteiger charge is -2.15. The highest BCUT2D eigenvalue weighted by atomic mass is 16.6. The van der Waals surface area contributed by atoms with Crippen molar-refractivity contribution in [3.63, 3.8) is 0 Å². The van der Waals surface area contributed by atoms with Crippen LogP contribution in [0.25, 0.3) is 0 Å². The van der Waals surface area contributed by atoms with Crippen LogP contribution in [0.4, 0.5) is 0 Å². The Kier molecular flexibility index (Phi) is 4.91. The molecule has 5 N–H and O–H groups in total. The van der Waals surface area contributed by atoms with Crippen molar-refractivity contribution in [2.75, 3.05) is 20.2 Å². The normalized spacial score (nSPS) is 29.0. The zero-order valence-corrected chi connectivity index (χ0v) is 11.5. The van der Waals surface area contributed by atoms with E-state index in [1.54, 1.807) is 7.05 Å². The van der Waals surface area contributed by atoms with Crippen LogP contribution in [0.15, 0.2) is 15.8 Å². The predicted octanol–water partition coefficient (Wildman–Crippen LogP) is -3.09. The lowest BCUT2D eigenvalue weighted by Crippen LogP contribution is -2.37. The molecule has 1 fully saturated rings. The molecular weight excluding hydrogens is 282 g/mol. The van der Waals surface area contributed by atoms with Crippen molar-refractivity contribution >= 4 is 0 Å². The van der Waals surface area contributed by atoms with Crippen LogP contribution in [0.5, 0.6) is 0 Å². The van der Waals surface area contributed by atoms with Crippen molar-refractivity contribution in [1.29, 1.82) is 0 Å². The molecule has 21 heavy (non-hydrogen) atoms. The number of rotatable bonds is 5. The summed E-state index contributed by atoms with van der Waals surface area (Å²) in [6.07, 6.45) is -3.40. The van der Waals surface area contributed by atoms with Crippen LogP contribution in [0.2, 0.25) is 0 Å². The lowest BCUT2D eigenvalue weighted by molar-refractivity contribution is -0.0233. The van der Waals surface area contributed by atoms with E-state index >= 15 is 0 Å². The number of likely N-dealkylation sites (N-methyl/N-ethyl adjacent to an activating group) is 1. The van der Waals surface area contributed by atoms with Gasteiger partial charge in [0.25, 0.3) is 5.56 Å². The summed E-state index contributed by atoms with van der Waals surface area (Å²) >= 11 is 0. The molecule has 1 aliphatic rings. The van der Waals surface area contributed by atoms with Crippen molar-refractivity contribution in [2.24, 2.45) is 0 Å². The number of H-pyrrole nitrogens is 1. The maximum Gasteiger partial charge on any atom is 0.328 e. The minimum Gasteiger partial charge on any atom is -0.394 e. The summed E-state index contributed by atoms with van der Waals surface area (Å²) in [7, 11) is 1.73. The van der Waals surface area contributed by atoms with Crippen molar-refractivity contribution in [2.45, 2.75) is 31.0 Å².